The Labute approximate surface area is 187 Å². The number of hydrogen-bond donors (Lipinski definition) is 1. The molecule has 0 spiro atoms. The van der Waals surface area contributed by atoms with E-state index in [9.17, 15) is 14.4 Å². The SMILES string of the molecule is O=C(Cn1cc(C(=O)c2ccncc2)c(=O)c2cc(Cl)ccc21)Nc1ccccc1Cl. The summed E-state index contributed by atoms with van der Waals surface area (Å²) in [6, 6.07) is 14.7. The van der Waals surface area contributed by atoms with Crippen LogP contribution in [0, 0.1) is 0 Å². The molecule has 0 saturated carbocycles. The highest BCUT2D eigenvalue weighted by Crippen LogP contribution is 2.22. The fraction of sp³-hybridized carbons (Fsp3) is 0.0435. The Balaban J connectivity index is 1.78. The van der Waals surface area contributed by atoms with Crippen LogP contribution in [0.3, 0.4) is 0 Å². The summed E-state index contributed by atoms with van der Waals surface area (Å²) in [5, 5.41) is 3.74. The zero-order valence-corrected chi connectivity index (χ0v) is 17.5. The summed E-state index contributed by atoms with van der Waals surface area (Å²) in [4.78, 5) is 42.6. The number of nitrogens with zero attached hydrogens (tertiary/aromatic N) is 2. The van der Waals surface area contributed by atoms with Crippen LogP contribution in [0.1, 0.15) is 15.9 Å². The topological polar surface area (TPSA) is 81.1 Å². The molecule has 0 atom stereocenters. The van der Waals surface area contributed by atoms with Crippen molar-refractivity contribution in [2.45, 2.75) is 6.54 Å². The van der Waals surface area contributed by atoms with Gasteiger partial charge in [-0.3, -0.25) is 19.4 Å². The van der Waals surface area contributed by atoms with Gasteiger partial charge in [-0.1, -0.05) is 35.3 Å². The van der Waals surface area contributed by atoms with Crippen LogP contribution in [0.15, 0.2) is 78.0 Å². The van der Waals surface area contributed by atoms with E-state index in [-0.39, 0.29) is 23.4 Å². The Hall–Kier alpha value is -3.48. The molecular weight excluding hydrogens is 437 g/mol. The number of para-hydroxylation sites is 1. The molecule has 0 aliphatic rings. The maximum Gasteiger partial charge on any atom is 0.244 e. The van der Waals surface area contributed by atoms with E-state index in [1.807, 2.05) is 0 Å². The number of amides is 1. The van der Waals surface area contributed by atoms with Crippen molar-refractivity contribution in [1.82, 2.24) is 9.55 Å². The predicted octanol–water partition coefficient (Wildman–Crippen LogP) is 4.57. The van der Waals surface area contributed by atoms with E-state index in [0.717, 1.165) is 0 Å². The van der Waals surface area contributed by atoms with E-state index in [1.165, 1.54) is 36.8 Å². The van der Waals surface area contributed by atoms with Crippen molar-refractivity contribution < 1.29 is 9.59 Å². The van der Waals surface area contributed by atoms with Crippen LogP contribution in [-0.4, -0.2) is 21.2 Å². The lowest BCUT2D eigenvalue weighted by molar-refractivity contribution is -0.116. The van der Waals surface area contributed by atoms with Gasteiger partial charge < -0.3 is 9.88 Å². The highest BCUT2D eigenvalue weighted by atomic mass is 35.5. The number of aromatic nitrogens is 2. The monoisotopic (exact) mass is 451 g/mol. The number of carbonyl (C=O) groups is 2. The second-order valence-corrected chi connectivity index (χ2v) is 7.60. The van der Waals surface area contributed by atoms with Crippen molar-refractivity contribution in [1.29, 1.82) is 0 Å². The van der Waals surface area contributed by atoms with Gasteiger partial charge in [-0.2, -0.15) is 0 Å². The van der Waals surface area contributed by atoms with Gasteiger partial charge in [0, 0.05) is 34.6 Å². The van der Waals surface area contributed by atoms with E-state index in [2.05, 4.69) is 10.3 Å². The van der Waals surface area contributed by atoms with Crippen molar-refractivity contribution in [2.75, 3.05) is 5.32 Å². The minimum atomic E-state index is -0.463. The molecular formula is C23H15Cl2N3O3. The molecule has 154 valence electrons. The van der Waals surface area contributed by atoms with E-state index in [0.29, 0.717) is 26.8 Å². The first-order chi connectivity index (χ1) is 14.9. The van der Waals surface area contributed by atoms with Crippen molar-refractivity contribution in [3.05, 3.63) is 105 Å². The molecule has 1 N–H and O–H groups in total. The van der Waals surface area contributed by atoms with Crippen molar-refractivity contribution >= 4 is 51.5 Å². The molecule has 2 aromatic carbocycles. The van der Waals surface area contributed by atoms with E-state index in [4.69, 9.17) is 23.2 Å². The highest BCUT2D eigenvalue weighted by molar-refractivity contribution is 6.33. The summed E-state index contributed by atoms with van der Waals surface area (Å²) in [6.45, 7) is -0.139. The molecule has 0 fully saturated rings. The van der Waals surface area contributed by atoms with Gasteiger partial charge in [-0.25, -0.2) is 0 Å². The third-order valence-corrected chi connectivity index (χ3v) is 5.26. The Bertz CT molecular complexity index is 1370. The van der Waals surface area contributed by atoms with Crippen LogP contribution in [0.25, 0.3) is 10.9 Å². The van der Waals surface area contributed by atoms with Crippen LogP contribution < -0.4 is 10.7 Å². The molecule has 0 unspecified atom stereocenters. The summed E-state index contributed by atoms with van der Waals surface area (Å²) in [7, 11) is 0. The standard InChI is InChI=1S/C23H15Cl2N3O3/c24-15-5-6-20-16(11-15)23(31)17(22(30)14-7-9-26-10-8-14)12-28(20)13-21(29)27-19-4-2-1-3-18(19)25/h1-12H,13H2,(H,27,29). The van der Waals surface area contributed by atoms with Crippen molar-refractivity contribution in [3.63, 3.8) is 0 Å². The highest BCUT2D eigenvalue weighted by Gasteiger charge is 2.18. The van der Waals surface area contributed by atoms with E-state index >= 15 is 0 Å². The lowest BCUT2D eigenvalue weighted by Crippen LogP contribution is -2.24. The van der Waals surface area contributed by atoms with Gasteiger partial charge in [-0.05, 0) is 42.5 Å². The number of hydrogen-bond acceptors (Lipinski definition) is 4. The zero-order valence-electron chi connectivity index (χ0n) is 16.0. The largest absolute Gasteiger partial charge is 0.337 e. The number of carbonyl (C=O) groups excluding carboxylic acids is 2. The number of ketones is 1. The van der Waals surface area contributed by atoms with E-state index in [1.54, 1.807) is 41.0 Å². The number of benzene rings is 2. The first-order valence-electron chi connectivity index (χ1n) is 9.26. The molecule has 4 rings (SSSR count). The normalized spacial score (nSPS) is 10.8. The molecule has 0 saturated heterocycles. The summed E-state index contributed by atoms with van der Waals surface area (Å²) in [5.41, 5.74) is 0.750. The van der Waals surface area contributed by atoms with Crippen LogP contribution >= 0.6 is 23.2 Å². The molecule has 2 heterocycles. The molecule has 4 aromatic rings. The molecule has 0 aliphatic carbocycles. The number of halogens is 2. The lowest BCUT2D eigenvalue weighted by Gasteiger charge is -2.14. The fourth-order valence-corrected chi connectivity index (χ4v) is 3.58. The van der Waals surface area contributed by atoms with Gasteiger partial charge in [-0.15, -0.1) is 0 Å². The molecule has 2 aromatic heterocycles. The Morgan fingerprint density at radius 3 is 2.48 bits per heavy atom. The van der Waals surface area contributed by atoms with Crippen LogP contribution in [-0.2, 0) is 11.3 Å². The molecule has 8 heteroatoms. The van der Waals surface area contributed by atoms with Gasteiger partial charge in [0.25, 0.3) is 0 Å². The van der Waals surface area contributed by atoms with Gasteiger partial charge in [0.2, 0.25) is 11.3 Å². The molecule has 0 bridgehead atoms. The number of rotatable bonds is 5. The first-order valence-corrected chi connectivity index (χ1v) is 10.0. The first kappa shape index (κ1) is 20.8. The summed E-state index contributed by atoms with van der Waals surface area (Å²) in [6.07, 6.45) is 4.34. The van der Waals surface area contributed by atoms with Crippen LogP contribution in [0.5, 0.6) is 0 Å². The Morgan fingerprint density at radius 2 is 1.74 bits per heavy atom. The second kappa shape index (κ2) is 8.71. The molecule has 6 nitrogen and oxygen atoms in total. The molecule has 1 amide bonds. The third kappa shape index (κ3) is 4.35. The maximum absolute atomic E-state index is 13.0. The zero-order chi connectivity index (χ0) is 22.0. The fourth-order valence-electron chi connectivity index (χ4n) is 3.23. The van der Waals surface area contributed by atoms with Crippen molar-refractivity contribution in [2.24, 2.45) is 0 Å². The average molecular weight is 452 g/mol. The van der Waals surface area contributed by atoms with Gasteiger partial charge in [0.1, 0.15) is 6.54 Å². The summed E-state index contributed by atoms with van der Waals surface area (Å²) >= 11 is 12.2. The van der Waals surface area contributed by atoms with Crippen LogP contribution in [0.2, 0.25) is 10.0 Å². The van der Waals surface area contributed by atoms with Gasteiger partial charge in [0.15, 0.2) is 5.78 Å². The number of fused-ring (bicyclic) bond motifs is 1. The molecule has 0 radical (unpaired) electrons. The van der Waals surface area contributed by atoms with Gasteiger partial charge >= 0.3 is 0 Å². The smallest absolute Gasteiger partial charge is 0.244 e. The number of anilines is 1. The predicted molar refractivity (Wildman–Crippen MR) is 121 cm³/mol. The van der Waals surface area contributed by atoms with Crippen molar-refractivity contribution in [3.8, 4) is 0 Å². The minimum Gasteiger partial charge on any atom is -0.337 e. The van der Waals surface area contributed by atoms with Crippen LogP contribution in [0.4, 0.5) is 5.69 Å². The Morgan fingerprint density at radius 1 is 1.00 bits per heavy atom. The summed E-state index contributed by atoms with van der Waals surface area (Å²) in [5.74, 6) is -0.829. The Kier molecular flexibility index (Phi) is 5.84. The number of pyridine rings is 2. The quantitative estimate of drug-likeness (QED) is 0.450. The number of nitrogens with one attached hydrogen (secondary N) is 1. The molecule has 31 heavy (non-hydrogen) atoms. The summed E-state index contributed by atoms with van der Waals surface area (Å²) < 4.78 is 1.55. The van der Waals surface area contributed by atoms with Gasteiger partial charge in [0.05, 0.1) is 21.8 Å². The lowest BCUT2D eigenvalue weighted by atomic mass is 10.0. The molecule has 0 aliphatic heterocycles. The minimum absolute atomic E-state index is 0.0634. The average Bonchev–Trinajstić information content (AvgIpc) is 2.77. The van der Waals surface area contributed by atoms with E-state index < -0.39 is 11.2 Å². The second-order valence-electron chi connectivity index (χ2n) is 6.75. The maximum atomic E-state index is 13.0. The third-order valence-electron chi connectivity index (χ3n) is 4.69.